The molecule has 160 valence electrons. The van der Waals surface area contributed by atoms with E-state index in [1.807, 2.05) is 18.2 Å². The minimum absolute atomic E-state index is 0.120. The molecular formula is C26H28N2O3. The van der Waals surface area contributed by atoms with Crippen LogP contribution >= 0.6 is 0 Å². The lowest BCUT2D eigenvalue weighted by Crippen LogP contribution is -2.34. The highest BCUT2D eigenvalue weighted by Crippen LogP contribution is 2.56. The van der Waals surface area contributed by atoms with Crippen molar-refractivity contribution in [1.29, 1.82) is 0 Å². The summed E-state index contributed by atoms with van der Waals surface area (Å²) in [5.74, 6) is -0.283. The van der Waals surface area contributed by atoms with E-state index >= 15 is 0 Å². The predicted octanol–water partition coefficient (Wildman–Crippen LogP) is 4.60. The SMILES string of the molecule is CCc1cccc(CC)c1NC(=O)c1ccccc1N1C(=O)[C@H]2[C@H]3CC[C@@H](C3)[C@@H]2C1=O. The van der Waals surface area contributed by atoms with Crippen molar-refractivity contribution in [3.8, 4) is 0 Å². The third kappa shape index (κ3) is 3.01. The first-order valence-corrected chi connectivity index (χ1v) is 11.4. The molecule has 0 spiro atoms. The van der Waals surface area contributed by atoms with Gasteiger partial charge in [0.05, 0.1) is 23.1 Å². The Hall–Kier alpha value is -2.95. The largest absolute Gasteiger partial charge is 0.321 e. The van der Waals surface area contributed by atoms with Crippen molar-refractivity contribution in [3.05, 3.63) is 59.2 Å². The van der Waals surface area contributed by atoms with E-state index in [0.717, 1.165) is 48.9 Å². The predicted molar refractivity (Wildman–Crippen MR) is 120 cm³/mol. The second kappa shape index (κ2) is 7.63. The molecule has 0 radical (unpaired) electrons. The Bertz CT molecular complexity index is 1030. The van der Waals surface area contributed by atoms with Crippen LogP contribution in [0, 0.1) is 23.7 Å². The highest BCUT2D eigenvalue weighted by molar-refractivity contribution is 6.25. The minimum Gasteiger partial charge on any atom is -0.321 e. The molecular weight excluding hydrogens is 388 g/mol. The van der Waals surface area contributed by atoms with Crippen LogP contribution in [0.3, 0.4) is 0 Å². The van der Waals surface area contributed by atoms with E-state index < -0.39 is 0 Å². The molecule has 1 aliphatic heterocycles. The number of aryl methyl sites for hydroxylation is 2. The van der Waals surface area contributed by atoms with Crippen LogP contribution in [-0.2, 0) is 22.4 Å². The summed E-state index contributed by atoms with van der Waals surface area (Å²) in [5.41, 5.74) is 3.76. The molecule has 31 heavy (non-hydrogen) atoms. The molecule has 1 saturated heterocycles. The molecule has 2 aliphatic carbocycles. The number of carbonyl (C=O) groups is 3. The fourth-order valence-electron chi connectivity index (χ4n) is 6.09. The molecule has 2 aromatic rings. The van der Waals surface area contributed by atoms with E-state index in [4.69, 9.17) is 0 Å². The highest BCUT2D eigenvalue weighted by Gasteiger charge is 2.61. The van der Waals surface area contributed by atoms with Crippen molar-refractivity contribution in [3.63, 3.8) is 0 Å². The third-order valence-corrected chi connectivity index (χ3v) is 7.55. The number of nitrogens with one attached hydrogen (secondary N) is 1. The van der Waals surface area contributed by atoms with Crippen LogP contribution in [0.2, 0.25) is 0 Å². The van der Waals surface area contributed by atoms with Gasteiger partial charge in [0.2, 0.25) is 11.8 Å². The van der Waals surface area contributed by atoms with Crippen LogP contribution in [-0.4, -0.2) is 17.7 Å². The quantitative estimate of drug-likeness (QED) is 0.725. The zero-order valence-corrected chi connectivity index (χ0v) is 18.1. The highest BCUT2D eigenvalue weighted by atomic mass is 16.2. The van der Waals surface area contributed by atoms with Gasteiger partial charge in [-0.2, -0.15) is 0 Å². The number of benzene rings is 2. The van der Waals surface area contributed by atoms with Gasteiger partial charge in [-0.05, 0) is 67.2 Å². The van der Waals surface area contributed by atoms with E-state index in [1.54, 1.807) is 24.3 Å². The van der Waals surface area contributed by atoms with Gasteiger partial charge >= 0.3 is 0 Å². The maximum absolute atomic E-state index is 13.4. The Labute approximate surface area is 182 Å². The van der Waals surface area contributed by atoms with Gasteiger partial charge in [0.25, 0.3) is 5.91 Å². The molecule has 0 aromatic heterocycles. The van der Waals surface area contributed by atoms with Crippen LogP contribution in [0.1, 0.15) is 54.6 Å². The maximum atomic E-state index is 13.4. The standard InChI is InChI=1S/C26H28N2O3/c1-3-15-8-7-9-16(4-2)23(15)27-24(29)19-10-5-6-11-20(19)28-25(30)21-17-12-13-18(14-17)22(21)26(28)31/h5-11,17-18,21-22H,3-4,12-14H2,1-2H3,(H,27,29)/t17-,18-,21-,22-/m0/s1. The molecule has 2 aromatic carbocycles. The van der Waals surface area contributed by atoms with Gasteiger partial charge in [-0.25, -0.2) is 4.90 Å². The summed E-state index contributed by atoms with van der Waals surface area (Å²) in [6.07, 6.45) is 4.68. The summed E-state index contributed by atoms with van der Waals surface area (Å²) in [6.45, 7) is 4.12. The topological polar surface area (TPSA) is 66.5 Å². The summed E-state index contributed by atoms with van der Waals surface area (Å²) in [5, 5.41) is 3.08. The second-order valence-corrected chi connectivity index (χ2v) is 9.03. The normalized spacial score (nSPS) is 26.5. The Morgan fingerprint density at radius 1 is 0.903 bits per heavy atom. The van der Waals surface area contributed by atoms with Crippen molar-refractivity contribution in [2.45, 2.75) is 46.0 Å². The molecule has 1 N–H and O–H groups in total. The summed E-state index contributed by atoms with van der Waals surface area (Å²) in [7, 11) is 0. The Morgan fingerprint density at radius 3 is 2.06 bits per heavy atom. The summed E-state index contributed by atoms with van der Waals surface area (Å²) < 4.78 is 0. The second-order valence-electron chi connectivity index (χ2n) is 9.03. The molecule has 5 heteroatoms. The van der Waals surface area contributed by atoms with Gasteiger partial charge in [0, 0.05) is 5.69 Å². The van der Waals surface area contributed by atoms with Gasteiger partial charge in [-0.15, -0.1) is 0 Å². The molecule has 2 saturated carbocycles. The molecule has 5 rings (SSSR count). The number of hydrogen-bond donors (Lipinski definition) is 1. The smallest absolute Gasteiger partial charge is 0.257 e. The van der Waals surface area contributed by atoms with E-state index in [9.17, 15) is 14.4 Å². The lowest BCUT2D eigenvalue weighted by atomic mass is 9.81. The van der Waals surface area contributed by atoms with Crippen molar-refractivity contribution in [1.82, 2.24) is 0 Å². The van der Waals surface area contributed by atoms with Crippen molar-refractivity contribution < 1.29 is 14.4 Å². The zero-order valence-electron chi connectivity index (χ0n) is 18.1. The monoisotopic (exact) mass is 416 g/mol. The number of amides is 3. The van der Waals surface area contributed by atoms with Gasteiger partial charge in [0.1, 0.15) is 0 Å². The van der Waals surface area contributed by atoms with Gasteiger partial charge in [0.15, 0.2) is 0 Å². The van der Waals surface area contributed by atoms with Crippen LogP contribution in [0.25, 0.3) is 0 Å². The van der Waals surface area contributed by atoms with E-state index in [1.165, 1.54) is 4.90 Å². The van der Waals surface area contributed by atoms with Crippen LogP contribution in [0.15, 0.2) is 42.5 Å². The Kier molecular flexibility index (Phi) is 4.92. The Morgan fingerprint density at radius 2 is 1.48 bits per heavy atom. The van der Waals surface area contributed by atoms with Gasteiger partial charge in [-0.1, -0.05) is 44.2 Å². The lowest BCUT2D eigenvalue weighted by Gasteiger charge is -2.21. The average Bonchev–Trinajstić information content (AvgIpc) is 3.47. The third-order valence-electron chi connectivity index (χ3n) is 7.55. The summed E-state index contributed by atoms with van der Waals surface area (Å²) in [6, 6.07) is 13.0. The average molecular weight is 417 g/mol. The van der Waals surface area contributed by atoms with Gasteiger partial charge in [-0.3, -0.25) is 14.4 Å². The number of hydrogen-bond acceptors (Lipinski definition) is 3. The number of carbonyl (C=O) groups excluding carboxylic acids is 3. The first-order chi connectivity index (χ1) is 15.0. The van der Waals surface area contributed by atoms with Crippen molar-refractivity contribution in [2.24, 2.45) is 23.7 Å². The molecule has 0 unspecified atom stereocenters. The molecule has 1 heterocycles. The van der Waals surface area contributed by atoms with Crippen LogP contribution < -0.4 is 10.2 Å². The molecule has 3 fully saturated rings. The summed E-state index contributed by atoms with van der Waals surface area (Å²) in [4.78, 5) is 41.3. The maximum Gasteiger partial charge on any atom is 0.257 e. The number of rotatable bonds is 5. The van der Waals surface area contributed by atoms with E-state index in [2.05, 4.69) is 19.2 Å². The number of anilines is 2. The molecule has 3 aliphatic rings. The number of fused-ring (bicyclic) bond motifs is 5. The van der Waals surface area contributed by atoms with Crippen LogP contribution in [0.4, 0.5) is 11.4 Å². The minimum atomic E-state index is -0.285. The lowest BCUT2D eigenvalue weighted by molar-refractivity contribution is -0.123. The zero-order chi connectivity index (χ0) is 21.7. The molecule has 2 bridgehead atoms. The first kappa shape index (κ1) is 20.0. The summed E-state index contributed by atoms with van der Waals surface area (Å²) >= 11 is 0. The molecule has 3 amide bonds. The molecule has 5 nitrogen and oxygen atoms in total. The fourth-order valence-corrected chi connectivity index (χ4v) is 6.09. The van der Waals surface area contributed by atoms with Crippen LogP contribution in [0.5, 0.6) is 0 Å². The first-order valence-electron chi connectivity index (χ1n) is 11.4. The van der Waals surface area contributed by atoms with E-state index in [-0.39, 0.29) is 29.6 Å². The number of nitrogens with zero attached hydrogens (tertiary/aromatic N) is 1. The number of para-hydroxylation sites is 2. The number of imide groups is 1. The Balaban J connectivity index is 1.49. The van der Waals surface area contributed by atoms with E-state index in [0.29, 0.717) is 23.1 Å². The fraction of sp³-hybridized carbons (Fsp3) is 0.423. The molecule has 4 atom stereocenters. The van der Waals surface area contributed by atoms with Crippen molar-refractivity contribution >= 4 is 29.1 Å². The van der Waals surface area contributed by atoms with Gasteiger partial charge < -0.3 is 5.32 Å². The van der Waals surface area contributed by atoms with Crippen molar-refractivity contribution in [2.75, 3.05) is 10.2 Å².